The van der Waals surface area contributed by atoms with Crippen molar-refractivity contribution in [3.63, 3.8) is 0 Å². The van der Waals surface area contributed by atoms with E-state index in [1.807, 2.05) is 45.9 Å². The van der Waals surface area contributed by atoms with Gasteiger partial charge in [-0.15, -0.1) is 0 Å². The van der Waals surface area contributed by atoms with Crippen molar-refractivity contribution in [1.82, 2.24) is 5.32 Å². The maximum atomic E-state index is 12.6. The highest BCUT2D eigenvalue weighted by molar-refractivity contribution is 6.04. The summed E-state index contributed by atoms with van der Waals surface area (Å²) in [7, 11) is 0. The minimum atomic E-state index is -0.697. The summed E-state index contributed by atoms with van der Waals surface area (Å²) in [4.78, 5) is 25.0. The fourth-order valence-electron chi connectivity index (χ4n) is 2.60. The lowest BCUT2D eigenvalue weighted by Crippen LogP contribution is -2.34. The number of carbonyl (C=O) groups is 2. The fraction of sp³-hybridized carbons (Fsp3) is 0.364. The molecule has 5 heteroatoms. The number of hydrogen-bond acceptors (Lipinski definition) is 3. The zero-order chi connectivity index (χ0) is 20.0. The smallest absolute Gasteiger partial charge is 0.265 e. The number of rotatable bonds is 7. The minimum Gasteiger partial charge on any atom is -0.481 e. The molecule has 2 aromatic rings. The van der Waals surface area contributed by atoms with Crippen molar-refractivity contribution in [1.29, 1.82) is 0 Å². The van der Waals surface area contributed by atoms with Gasteiger partial charge in [0.05, 0.1) is 11.3 Å². The second-order valence-electron chi connectivity index (χ2n) is 6.85. The molecule has 0 heterocycles. The molecule has 0 aromatic heterocycles. The number of amides is 2. The van der Waals surface area contributed by atoms with Crippen molar-refractivity contribution in [3.8, 4) is 5.75 Å². The molecule has 2 atom stereocenters. The number of nitrogens with one attached hydrogen (secondary N) is 2. The highest BCUT2D eigenvalue weighted by Gasteiger charge is 2.19. The maximum absolute atomic E-state index is 12.6. The van der Waals surface area contributed by atoms with E-state index in [2.05, 4.69) is 10.6 Å². The van der Waals surface area contributed by atoms with E-state index in [1.54, 1.807) is 31.2 Å². The van der Waals surface area contributed by atoms with Crippen molar-refractivity contribution in [2.45, 2.75) is 53.2 Å². The Labute approximate surface area is 161 Å². The molecule has 0 spiro atoms. The van der Waals surface area contributed by atoms with Gasteiger partial charge in [0.2, 0.25) is 0 Å². The standard InChI is InChI=1S/C22H28N2O3/c1-6-16(4)23-22(26)18-9-7-8-10-19(18)24-21(25)17(5)27-20-12-11-14(2)13-15(20)3/h7-13,16-17H,6H2,1-5H3,(H,23,26)(H,24,25)/t16-,17-/m1/s1. The van der Waals surface area contributed by atoms with Crippen LogP contribution in [0.3, 0.4) is 0 Å². The molecule has 144 valence electrons. The molecule has 0 aliphatic carbocycles. The summed E-state index contributed by atoms with van der Waals surface area (Å²) in [6.07, 6.45) is 0.137. The average Bonchev–Trinajstić information content (AvgIpc) is 2.64. The quantitative estimate of drug-likeness (QED) is 0.768. The normalized spacial score (nSPS) is 12.8. The summed E-state index contributed by atoms with van der Waals surface area (Å²) in [6.45, 7) is 9.59. The van der Waals surface area contributed by atoms with Crippen LogP contribution >= 0.6 is 0 Å². The zero-order valence-corrected chi connectivity index (χ0v) is 16.6. The molecule has 2 rings (SSSR count). The first kappa shape index (κ1) is 20.5. The van der Waals surface area contributed by atoms with Gasteiger partial charge in [0, 0.05) is 6.04 Å². The van der Waals surface area contributed by atoms with Crippen LogP contribution in [0.1, 0.15) is 48.7 Å². The van der Waals surface area contributed by atoms with E-state index in [9.17, 15) is 9.59 Å². The number of benzene rings is 2. The van der Waals surface area contributed by atoms with Gasteiger partial charge in [-0.2, -0.15) is 0 Å². The summed E-state index contributed by atoms with van der Waals surface area (Å²) >= 11 is 0. The average molecular weight is 368 g/mol. The predicted octanol–water partition coefficient (Wildman–Crippen LogP) is 4.24. The first-order chi connectivity index (χ1) is 12.8. The van der Waals surface area contributed by atoms with Crippen LogP contribution in [0.25, 0.3) is 0 Å². The number of hydrogen-bond donors (Lipinski definition) is 2. The van der Waals surface area contributed by atoms with Gasteiger partial charge in [0.25, 0.3) is 11.8 Å². The Morgan fingerprint density at radius 3 is 2.44 bits per heavy atom. The van der Waals surface area contributed by atoms with Gasteiger partial charge in [-0.25, -0.2) is 0 Å². The van der Waals surface area contributed by atoms with E-state index >= 15 is 0 Å². The molecule has 0 aliphatic rings. The molecule has 2 amide bonds. The Morgan fingerprint density at radius 1 is 1.07 bits per heavy atom. The SMILES string of the molecule is CC[C@@H](C)NC(=O)c1ccccc1NC(=O)[C@@H](C)Oc1ccc(C)cc1C. The van der Waals surface area contributed by atoms with E-state index < -0.39 is 6.10 Å². The number of anilines is 1. The van der Waals surface area contributed by atoms with Gasteiger partial charge in [0.15, 0.2) is 6.10 Å². The second-order valence-corrected chi connectivity index (χ2v) is 6.85. The van der Waals surface area contributed by atoms with Crippen LogP contribution in [-0.2, 0) is 4.79 Å². The Morgan fingerprint density at radius 2 is 1.78 bits per heavy atom. The van der Waals surface area contributed by atoms with E-state index in [0.717, 1.165) is 17.5 Å². The molecule has 2 aromatic carbocycles. The lowest BCUT2D eigenvalue weighted by molar-refractivity contribution is -0.122. The van der Waals surface area contributed by atoms with Crippen LogP contribution < -0.4 is 15.4 Å². The van der Waals surface area contributed by atoms with Gasteiger partial charge >= 0.3 is 0 Å². The minimum absolute atomic E-state index is 0.0630. The molecule has 0 saturated heterocycles. The van der Waals surface area contributed by atoms with Gasteiger partial charge in [-0.05, 0) is 57.9 Å². The predicted molar refractivity (Wildman–Crippen MR) is 108 cm³/mol. The van der Waals surface area contributed by atoms with Gasteiger partial charge in [0.1, 0.15) is 5.75 Å². The molecule has 0 radical (unpaired) electrons. The second kappa shape index (κ2) is 9.21. The Bertz CT molecular complexity index is 817. The van der Waals surface area contributed by atoms with Crippen molar-refractivity contribution in [2.24, 2.45) is 0 Å². The van der Waals surface area contributed by atoms with Gasteiger partial charge < -0.3 is 15.4 Å². The summed E-state index contributed by atoms with van der Waals surface area (Å²) < 4.78 is 5.80. The summed E-state index contributed by atoms with van der Waals surface area (Å²) in [6, 6.07) is 12.9. The molecule has 27 heavy (non-hydrogen) atoms. The Balaban J connectivity index is 2.09. The number of carbonyl (C=O) groups excluding carboxylic acids is 2. The van der Waals surface area contributed by atoms with Crippen LogP contribution in [0, 0.1) is 13.8 Å². The lowest BCUT2D eigenvalue weighted by atomic mass is 10.1. The Hall–Kier alpha value is -2.82. The summed E-state index contributed by atoms with van der Waals surface area (Å²) in [5.74, 6) is 0.160. The summed E-state index contributed by atoms with van der Waals surface area (Å²) in [5, 5.41) is 5.73. The van der Waals surface area contributed by atoms with Crippen LogP contribution in [-0.4, -0.2) is 24.0 Å². The fourth-order valence-corrected chi connectivity index (χ4v) is 2.60. The Kier molecular flexibility index (Phi) is 6.99. The molecule has 0 bridgehead atoms. The third-order valence-electron chi connectivity index (χ3n) is 4.42. The molecule has 2 N–H and O–H groups in total. The van der Waals surface area contributed by atoms with Crippen LogP contribution in [0.15, 0.2) is 42.5 Å². The molecular weight excluding hydrogens is 340 g/mol. The molecule has 5 nitrogen and oxygen atoms in total. The van der Waals surface area contributed by atoms with Crippen LogP contribution in [0.4, 0.5) is 5.69 Å². The van der Waals surface area contributed by atoms with Crippen molar-refractivity contribution in [2.75, 3.05) is 5.32 Å². The zero-order valence-electron chi connectivity index (χ0n) is 16.6. The highest BCUT2D eigenvalue weighted by Crippen LogP contribution is 2.21. The molecule has 0 saturated carbocycles. The first-order valence-electron chi connectivity index (χ1n) is 9.26. The third kappa shape index (κ3) is 5.58. The highest BCUT2D eigenvalue weighted by atomic mass is 16.5. The van der Waals surface area contributed by atoms with Crippen molar-refractivity contribution >= 4 is 17.5 Å². The first-order valence-corrected chi connectivity index (χ1v) is 9.26. The van der Waals surface area contributed by atoms with E-state index in [0.29, 0.717) is 17.0 Å². The van der Waals surface area contributed by atoms with Crippen molar-refractivity contribution < 1.29 is 14.3 Å². The summed E-state index contributed by atoms with van der Waals surface area (Å²) in [5.41, 5.74) is 3.02. The number of aryl methyl sites for hydroxylation is 2. The maximum Gasteiger partial charge on any atom is 0.265 e. The molecular formula is C22H28N2O3. The van der Waals surface area contributed by atoms with E-state index in [1.165, 1.54) is 0 Å². The molecule has 0 unspecified atom stereocenters. The van der Waals surface area contributed by atoms with E-state index in [-0.39, 0.29) is 17.9 Å². The molecule has 0 fully saturated rings. The van der Waals surface area contributed by atoms with Crippen LogP contribution in [0.5, 0.6) is 5.75 Å². The topological polar surface area (TPSA) is 67.4 Å². The van der Waals surface area contributed by atoms with Gasteiger partial charge in [-0.1, -0.05) is 36.8 Å². The lowest BCUT2D eigenvalue weighted by Gasteiger charge is -2.18. The van der Waals surface area contributed by atoms with E-state index in [4.69, 9.17) is 4.74 Å². The van der Waals surface area contributed by atoms with Crippen LogP contribution in [0.2, 0.25) is 0 Å². The third-order valence-corrected chi connectivity index (χ3v) is 4.42. The monoisotopic (exact) mass is 368 g/mol. The number of para-hydroxylation sites is 1. The van der Waals surface area contributed by atoms with Gasteiger partial charge in [-0.3, -0.25) is 9.59 Å². The largest absolute Gasteiger partial charge is 0.481 e. The van der Waals surface area contributed by atoms with Crippen molar-refractivity contribution in [3.05, 3.63) is 59.2 Å². The number of ether oxygens (including phenoxy) is 1. The molecule has 0 aliphatic heterocycles.